The zero-order chi connectivity index (χ0) is 13.7. The van der Waals surface area contributed by atoms with Crippen LogP contribution in [0.1, 0.15) is 32.1 Å². The zero-order valence-electron chi connectivity index (χ0n) is 11.1. The number of morpholine rings is 1. The van der Waals surface area contributed by atoms with E-state index in [1.807, 2.05) is 6.08 Å². The number of carboxylic acids is 1. The molecule has 1 saturated carbocycles. The molecule has 1 heterocycles. The molecule has 0 spiro atoms. The number of ether oxygens (including phenoxy) is 1. The number of hydrogen-bond donors (Lipinski definition) is 1. The third-order valence-electron chi connectivity index (χ3n) is 3.81. The predicted octanol–water partition coefficient (Wildman–Crippen LogP) is 1.43. The number of carbonyl (C=O) groups excluding carboxylic acids is 1. The van der Waals surface area contributed by atoms with Crippen molar-refractivity contribution in [3.05, 3.63) is 12.2 Å². The lowest BCUT2D eigenvalue weighted by Crippen LogP contribution is -2.48. The van der Waals surface area contributed by atoms with Gasteiger partial charge in [-0.1, -0.05) is 25.3 Å². The van der Waals surface area contributed by atoms with E-state index in [0.29, 0.717) is 19.1 Å². The molecule has 2 fully saturated rings. The molecule has 1 aliphatic heterocycles. The summed E-state index contributed by atoms with van der Waals surface area (Å²) in [6.45, 7) is 0.904. The summed E-state index contributed by atoms with van der Waals surface area (Å²) in [6.07, 6.45) is 8.80. The summed E-state index contributed by atoms with van der Waals surface area (Å²) in [5, 5.41) is 8.89. The summed E-state index contributed by atoms with van der Waals surface area (Å²) in [4.78, 5) is 24.4. The Kier molecular flexibility index (Phi) is 4.96. The molecule has 5 heteroatoms. The fourth-order valence-corrected chi connectivity index (χ4v) is 2.65. The van der Waals surface area contributed by atoms with Crippen molar-refractivity contribution < 1.29 is 19.4 Å². The Morgan fingerprint density at radius 2 is 1.95 bits per heavy atom. The maximum Gasteiger partial charge on any atom is 0.334 e. The van der Waals surface area contributed by atoms with Crippen molar-refractivity contribution in [3.8, 4) is 0 Å². The minimum Gasteiger partial charge on any atom is -0.479 e. The van der Waals surface area contributed by atoms with Gasteiger partial charge < -0.3 is 14.7 Å². The fourth-order valence-electron chi connectivity index (χ4n) is 2.65. The van der Waals surface area contributed by atoms with Crippen LogP contribution in [0, 0.1) is 5.92 Å². The number of rotatable bonds is 3. The molecule has 106 valence electrons. The summed E-state index contributed by atoms with van der Waals surface area (Å²) in [7, 11) is 0. The molecular formula is C14H21NO4. The first kappa shape index (κ1) is 14.1. The van der Waals surface area contributed by atoms with E-state index in [1.165, 1.54) is 19.3 Å². The Balaban J connectivity index is 1.84. The first-order valence-electron chi connectivity index (χ1n) is 6.98. The van der Waals surface area contributed by atoms with E-state index in [2.05, 4.69) is 0 Å². The summed E-state index contributed by atoms with van der Waals surface area (Å²) in [5.74, 6) is -0.595. The molecule has 0 radical (unpaired) electrons. The third kappa shape index (κ3) is 4.06. The molecule has 1 aliphatic carbocycles. The zero-order valence-corrected chi connectivity index (χ0v) is 11.1. The lowest BCUT2D eigenvalue weighted by Gasteiger charge is -2.30. The number of hydrogen-bond acceptors (Lipinski definition) is 3. The van der Waals surface area contributed by atoms with Crippen molar-refractivity contribution in [2.45, 2.75) is 38.2 Å². The van der Waals surface area contributed by atoms with Crippen molar-refractivity contribution >= 4 is 11.9 Å². The highest BCUT2D eigenvalue weighted by atomic mass is 16.5. The normalized spacial score (nSPS) is 25.7. The molecule has 0 bridgehead atoms. The van der Waals surface area contributed by atoms with Crippen LogP contribution in [0.3, 0.4) is 0 Å². The van der Waals surface area contributed by atoms with Crippen LogP contribution in [-0.2, 0) is 14.3 Å². The number of carboxylic acid groups (broad SMARTS) is 1. The van der Waals surface area contributed by atoms with Gasteiger partial charge in [-0.15, -0.1) is 0 Å². The van der Waals surface area contributed by atoms with Crippen LogP contribution >= 0.6 is 0 Å². The van der Waals surface area contributed by atoms with Gasteiger partial charge in [0.25, 0.3) is 0 Å². The van der Waals surface area contributed by atoms with Gasteiger partial charge >= 0.3 is 5.97 Å². The first-order valence-corrected chi connectivity index (χ1v) is 6.98. The summed E-state index contributed by atoms with van der Waals surface area (Å²) in [5.41, 5.74) is 0. The van der Waals surface area contributed by atoms with Gasteiger partial charge in [0.15, 0.2) is 6.10 Å². The SMILES string of the molecule is O=C(O)C1CN(C(=O)/C=C/C2CCCCC2)CCO1. The number of nitrogens with zero attached hydrogens (tertiary/aromatic N) is 1. The van der Waals surface area contributed by atoms with Crippen LogP contribution in [-0.4, -0.2) is 47.7 Å². The van der Waals surface area contributed by atoms with Gasteiger partial charge in [0.2, 0.25) is 5.91 Å². The molecule has 5 nitrogen and oxygen atoms in total. The maximum absolute atomic E-state index is 12.0. The van der Waals surface area contributed by atoms with Crippen LogP contribution in [0.4, 0.5) is 0 Å². The van der Waals surface area contributed by atoms with Gasteiger partial charge in [-0.3, -0.25) is 4.79 Å². The topological polar surface area (TPSA) is 66.8 Å². The average molecular weight is 267 g/mol. The van der Waals surface area contributed by atoms with E-state index >= 15 is 0 Å². The molecule has 19 heavy (non-hydrogen) atoms. The predicted molar refractivity (Wildman–Crippen MR) is 69.7 cm³/mol. The van der Waals surface area contributed by atoms with Gasteiger partial charge in [0.05, 0.1) is 13.2 Å². The van der Waals surface area contributed by atoms with Crippen molar-refractivity contribution in [3.63, 3.8) is 0 Å². The van der Waals surface area contributed by atoms with Crippen LogP contribution in [0.2, 0.25) is 0 Å². The number of aliphatic carboxylic acids is 1. The molecule has 0 aromatic rings. The van der Waals surface area contributed by atoms with Crippen molar-refractivity contribution in [2.75, 3.05) is 19.7 Å². The quantitative estimate of drug-likeness (QED) is 0.786. The summed E-state index contributed by atoms with van der Waals surface area (Å²) in [6, 6.07) is 0. The second-order valence-electron chi connectivity index (χ2n) is 5.24. The van der Waals surface area contributed by atoms with Gasteiger partial charge in [-0.2, -0.15) is 0 Å². The van der Waals surface area contributed by atoms with E-state index in [4.69, 9.17) is 9.84 Å². The molecule has 1 N–H and O–H groups in total. The Morgan fingerprint density at radius 3 is 2.63 bits per heavy atom. The molecule has 1 atom stereocenters. The number of allylic oxidation sites excluding steroid dienone is 1. The molecular weight excluding hydrogens is 246 g/mol. The summed E-state index contributed by atoms with van der Waals surface area (Å²) >= 11 is 0. The summed E-state index contributed by atoms with van der Waals surface area (Å²) < 4.78 is 5.10. The highest BCUT2D eigenvalue weighted by molar-refractivity contribution is 5.88. The molecule has 1 amide bonds. The smallest absolute Gasteiger partial charge is 0.334 e. The fraction of sp³-hybridized carbons (Fsp3) is 0.714. The molecule has 2 rings (SSSR count). The monoisotopic (exact) mass is 267 g/mol. The standard InChI is InChI=1S/C14H21NO4/c16-13(7-6-11-4-2-1-3-5-11)15-8-9-19-12(10-15)14(17)18/h6-7,11-12H,1-5,8-10H2,(H,17,18)/b7-6+. The maximum atomic E-state index is 12.0. The van der Waals surface area contributed by atoms with Crippen molar-refractivity contribution in [1.82, 2.24) is 4.90 Å². The second kappa shape index (κ2) is 6.70. The average Bonchev–Trinajstić information content (AvgIpc) is 2.46. The van der Waals surface area contributed by atoms with E-state index in [9.17, 15) is 9.59 Å². The number of carbonyl (C=O) groups is 2. The molecule has 1 saturated heterocycles. The van der Waals surface area contributed by atoms with Gasteiger partial charge in [-0.05, 0) is 24.8 Å². The molecule has 1 unspecified atom stereocenters. The lowest BCUT2D eigenvalue weighted by atomic mass is 9.89. The Bertz CT molecular complexity index is 360. The highest BCUT2D eigenvalue weighted by Gasteiger charge is 2.28. The van der Waals surface area contributed by atoms with Crippen molar-refractivity contribution in [2.24, 2.45) is 5.92 Å². The van der Waals surface area contributed by atoms with Gasteiger partial charge in [0.1, 0.15) is 0 Å². The van der Waals surface area contributed by atoms with E-state index < -0.39 is 12.1 Å². The largest absolute Gasteiger partial charge is 0.479 e. The minimum absolute atomic E-state index is 0.0971. The van der Waals surface area contributed by atoms with Gasteiger partial charge in [0, 0.05) is 6.54 Å². The Morgan fingerprint density at radius 1 is 1.21 bits per heavy atom. The van der Waals surface area contributed by atoms with Gasteiger partial charge in [-0.25, -0.2) is 4.79 Å². The molecule has 2 aliphatic rings. The van der Waals surface area contributed by atoms with Crippen molar-refractivity contribution in [1.29, 1.82) is 0 Å². The lowest BCUT2D eigenvalue weighted by molar-refractivity contribution is -0.158. The highest BCUT2D eigenvalue weighted by Crippen LogP contribution is 2.24. The Hall–Kier alpha value is -1.36. The molecule has 0 aromatic heterocycles. The Labute approximate surface area is 113 Å². The van der Waals surface area contributed by atoms with E-state index in [1.54, 1.807) is 11.0 Å². The van der Waals surface area contributed by atoms with E-state index in [-0.39, 0.29) is 12.5 Å². The van der Waals surface area contributed by atoms with Crippen LogP contribution in [0.5, 0.6) is 0 Å². The third-order valence-corrected chi connectivity index (χ3v) is 3.81. The van der Waals surface area contributed by atoms with E-state index in [0.717, 1.165) is 12.8 Å². The van der Waals surface area contributed by atoms with Crippen LogP contribution in [0.25, 0.3) is 0 Å². The van der Waals surface area contributed by atoms with Crippen LogP contribution in [0.15, 0.2) is 12.2 Å². The second-order valence-corrected chi connectivity index (χ2v) is 5.24. The number of amides is 1. The molecule has 0 aromatic carbocycles. The minimum atomic E-state index is -1.01. The first-order chi connectivity index (χ1) is 9.16. The van der Waals surface area contributed by atoms with Crippen LogP contribution < -0.4 is 0 Å².